The van der Waals surface area contributed by atoms with Crippen LogP contribution in [0.15, 0.2) is 31.0 Å². The van der Waals surface area contributed by atoms with E-state index in [-0.39, 0.29) is 0 Å². The van der Waals surface area contributed by atoms with Crippen LogP contribution in [-0.2, 0) is 0 Å². The summed E-state index contributed by atoms with van der Waals surface area (Å²) in [4.78, 5) is 6.62. The lowest BCUT2D eigenvalue weighted by molar-refractivity contribution is 0.199. The van der Waals surface area contributed by atoms with Crippen LogP contribution in [0.2, 0.25) is 0 Å². The van der Waals surface area contributed by atoms with E-state index in [0.29, 0.717) is 6.04 Å². The van der Waals surface area contributed by atoms with Crippen LogP contribution in [0, 0.1) is 0 Å². The molecule has 0 radical (unpaired) electrons. The Bertz CT molecular complexity index is 372. The van der Waals surface area contributed by atoms with Gasteiger partial charge in [-0.05, 0) is 37.5 Å². The molecular formula is C13H18N2O. The van der Waals surface area contributed by atoms with Crippen molar-refractivity contribution in [1.29, 1.82) is 0 Å². The topological polar surface area (TPSA) is 36.4 Å². The van der Waals surface area contributed by atoms with E-state index in [0.717, 1.165) is 17.9 Å². The largest absolute Gasteiger partial charge is 0.389 e. The summed E-state index contributed by atoms with van der Waals surface area (Å²) in [6, 6.07) is 4.43. The molecule has 1 saturated carbocycles. The van der Waals surface area contributed by atoms with E-state index in [4.69, 9.17) is 0 Å². The minimum Gasteiger partial charge on any atom is -0.389 e. The number of aromatic nitrogens is 1. The van der Waals surface area contributed by atoms with Crippen LogP contribution in [0.5, 0.6) is 0 Å². The number of hydrogen-bond donors (Lipinski definition) is 1. The first kappa shape index (κ1) is 11.1. The third-order valence-electron chi connectivity index (χ3n) is 2.86. The van der Waals surface area contributed by atoms with Crippen LogP contribution in [0.4, 0.5) is 5.82 Å². The lowest BCUT2D eigenvalue weighted by Crippen LogP contribution is -2.26. The molecule has 3 nitrogen and oxygen atoms in total. The number of rotatable bonds is 5. The molecule has 0 amide bonds. The lowest BCUT2D eigenvalue weighted by Gasteiger charge is -2.22. The molecule has 1 aromatic rings. The highest BCUT2D eigenvalue weighted by Gasteiger charge is 2.29. The number of aliphatic hydroxyl groups excluding tert-OH is 1. The quantitative estimate of drug-likeness (QED) is 0.770. The van der Waals surface area contributed by atoms with Crippen molar-refractivity contribution in [3.8, 4) is 0 Å². The molecule has 1 aliphatic carbocycles. The van der Waals surface area contributed by atoms with Crippen molar-refractivity contribution in [2.75, 3.05) is 11.4 Å². The molecule has 16 heavy (non-hydrogen) atoms. The molecule has 0 unspecified atom stereocenters. The molecule has 3 heteroatoms. The van der Waals surface area contributed by atoms with Crippen LogP contribution in [-0.4, -0.2) is 22.7 Å². The Labute approximate surface area is 96.4 Å². The molecule has 1 atom stereocenters. The monoisotopic (exact) mass is 218 g/mol. The second-order valence-corrected chi connectivity index (χ2v) is 4.30. The van der Waals surface area contributed by atoms with Crippen LogP contribution in [0.3, 0.4) is 0 Å². The Balaban J connectivity index is 2.22. The highest BCUT2D eigenvalue weighted by molar-refractivity contribution is 5.44. The van der Waals surface area contributed by atoms with Crippen molar-refractivity contribution >= 4 is 5.82 Å². The van der Waals surface area contributed by atoms with Crippen LogP contribution >= 0.6 is 0 Å². The SMILES string of the molecule is C=CCN(c1cc([C@H](C)O)ccn1)C1CC1. The van der Waals surface area contributed by atoms with E-state index in [1.54, 1.807) is 13.1 Å². The molecule has 0 saturated heterocycles. The fourth-order valence-electron chi connectivity index (χ4n) is 1.81. The third kappa shape index (κ3) is 2.42. The van der Waals surface area contributed by atoms with Gasteiger partial charge in [-0.1, -0.05) is 6.08 Å². The highest BCUT2D eigenvalue weighted by atomic mass is 16.3. The van der Waals surface area contributed by atoms with Gasteiger partial charge in [-0.25, -0.2) is 4.98 Å². The summed E-state index contributed by atoms with van der Waals surface area (Å²) in [5.41, 5.74) is 0.916. The average Bonchev–Trinajstić information content (AvgIpc) is 3.10. The van der Waals surface area contributed by atoms with Crippen molar-refractivity contribution in [1.82, 2.24) is 4.98 Å². The van der Waals surface area contributed by atoms with Gasteiger partial charge in [0.05, 0.1) is 6.10 Å². The van der Waals surface area contributed by atoms with Gasteiger partial charge in [-0.3, -0.25) is 0 Å². The first-order valence-corrected chi connectivity index (χ1v) is 5.74. The molecule has 1 heterocycles. The Hall–Kier alpha value is -1.35. The molecular weight excluding hydrogens is 200 g/mol. The van der Waals surface area contributed by atoms with E-state index >= 15 is 0 Å². The van der Waals surface area contributed by atoms with Crippen molar-refractivity contribution in [2.24, 2.45) is 0 Å². The molecule has 0 aromatic carbocycles. The minimum atomic E-state index is -0.438. The van der Waals surface area contributed by atoms with Gasteiger partial charge < -0.3 is 10.0 Å². The molecule has 1 fully saturated rings. The number of nitrogens with zero attached hydrogens (tertiary/aromatic N) is 2. The second-order valence-electron chi connectivity index (χ2n) is 4.30. The van der Waals surface area contributed by atoms with E-state index in [1.807, 2.05) is 18.2 Å². The van der Waals surface area contributed by atoms with E-state index < -0.39 is 6.10 Å². The summed E-state index contributed by atoms with van der Waals surface area (Å²) in [5, 5.41) is 9.55. The van der Waals surface area contributed by atoms with Gasteiger partial charge in [0, 0.05) is 18.8 Å². The predicted octanol–water partition coefficient (Wildman–Crippen LogP) is 2.29. The average molecular weight is 218 g/mol. The van der Waals surface area contributed by atoms with Gasteiger partial charge in [0.15, 0.2) is 0 Å². The maximum Gasteiger partial charge on any atom is 0.129 e. The lowest BCUT2D eigenvalue weighted by atomic mass is 10.1. The number of anilines is 1. The summed E-state index contributed by atoms with van der Waals surface area (Å²) in [5.74, 6) is 0.945. The van der Waals surface area contributed by atoms with Gasteiger partial charge in [0.1, 0.15) is 5.82 Å². The van der Waals surface area contributed by atoms with Crippen molar-refractivity contribution in [3.63, 3.8) is 0 Å². The molecule has 0 spiro atoms. The van der Waals surface area contributed by atoms with Crippen molar-refractivity contribution in [3.05, 3.63) is 36.5 Å². The zero-order valence-corrected chi connectivity index (χ0v) is 9.63. The van der Waals surface area contributed by atoms with Gasteiger partial charge in [0.25, 0.3) is 0 Å². The fourth-order valence-corrected chi connectivity index (χ4v) is 1.81. The summed E-state index contributed by atoms with van der Waals surface area (Å²) in [7, 11) is 0. The number of aliphatic hydroxyl groups is 1. The third-order valence-corrected chi connectivity index (χ3v) is 2.86. The Morgan fingerprint density at radius 2 is 2.44 bits per heavy atom. The van der Waals surface area contributed by atoms with Crippen LogP contribution in [0.1, 0.15) is 31.4 Å². The minimum absolute atomic E-state index is 0.438. The molecule has 1 N–H and O–H groups in total. The van der Waals surface area contributed by atoms with E-state index in [2.05, 4.69) is 16.5 Å². The zero-order valence-electron chi connectivity index (χ0n) is 9.63. The van der Waals surface area contributed by atoms with Gasteiger partial charge in [-0.15, -0.1) is 6.58 Å². The Morgan fingerprint density at radius 3 is 3.00 bits per heavy atom. The van der Waals surface area contributed by atoms with E-state index in [9.17, 15) is 5.11 Å². The van der Waals surface area contributed by atoms with E-state index in [1.165, 1.54) is 12.8 Å². The number of pyridine rings is 1. The molecule has 1 aromatic heterocycles. The summed E-state index contributed by atoms with van der Waals surface area (Å²) in [6.07, 6.45) is 5.68. The number of hydrogen-bond acceptors (Lipinski definition) is 3. The van der Waals surface area contributed by atoms with Gasteiger partial charge in [-0.2, -0.15) is 0 Å². The smallest absolute Gasteiger partial charge is 0.129 e. The molecule has 0 aliphatic heterocycles. The molecule has 86 valence electrons. The zero-order chi connectivity index (χ0) is 11.5. The maximum atomic E-state index is 9.55. The highest BCUT2D eigenvalue weighted by Crippen LogP contribution is 2.31. The molecule has 0 bridgehead atoms. The summed E-state index contributed by atoms with van der Waals surface area (Å²) < 4.78 is 0. The maximum absolute atomic E-state index is 9.55. The Kier molecular flexibility index (Phi) is 3.25. The second kappa shape index (κ2) is 4.66. The fraction of sp³-hybridized carbons (Fsp3) is 0.462. The first-order valence-electron chi connectivity index (χ1n) is 5.74. The molecule has 2 rings (SSSR count). The van der Waals surface area contributed by atoms with Crippen LogP contribution in [0.25, 0.3) is 0 Å². The van der Waals surface area contributed by atoms with Crippen molar-refractivity contribution < 1.29 is 5.11 Å². The van der Waals surface area contributed by atoms with Gasteiger partial charge in [0.2, 0.25) is 0 Å². The summed E-state index contributed by atoms with van der Waals surface area (Å²) >= 11 is 0. The first-order chi connectivity index (χ1) is 7.72. The molecule has 1 aliphatic rings. The normalized spacial score (nSPS) is 16.9. The summed E-state index contributed by atoms with van der Waals surface area (Å²) in [6.45, 7) is 6.37. The van der Waals surface area contributed by atoms with Gasteiger partial charge >= 0.3 is 0 Å². The Morgan fingerprint density at radius 1 is 1.69 bits per heavy atom. The van der Waals surface area contributed by atoms with Crippen LogP contribution < -0.4 is 4.90 Å². The predicted molar refractivity (Wildman–Crippen MR) is 65.4 cm³/mol. The standard InChI is InChI=1S/C13H18N2O/c1-3-8-15(12-4-5-12)13-9-11(10(2)16)6-7-14-13/h3,6-7,9-10,12,16H,1,4-5,8H2,2H3/t10-/m0/s1. The van der Waals surface area contributed by atoms with Crippen molar-refractivity contribution in [2.45, 2.75) is 31.9 Å².